The Labute approximate surface area is 189 Å². The summed E-state index contributed by atoms with van der Waals surface area (Å²) in [5.74, 6) is 1.16. The highest BCUT2D eigenvalue weighted by atomic mass is 32.1. The molecule has 3 aromatic rings. The Morgan fingerprint density at radius 2 is 1.78 bits per heavy atom. The zero-order chi connectivity index (χ0) is 22.7. The minimum Gasteiger partial charge on any atom is -0.454 e. The number of fused-ring (bicyclic) bond motifs is 1. The van der Waals surface area contributed by atoms with E-state index >= 15 is 0 Å². The van der Waals surface area contributed by atoms with Gasteiger partial charge in [0.1, 0.15) is 11.3 Å². The smallest absolute Gasteiger partial charge is 0.262 e. The first-order valence-electron chi connectivity index (χ1n) is 9.72. The van der Waals surface area contributed by atoms with E-state index in [1.54, 1.807) is 38.1 Å². The molecule has 0 spiro atoms. The van der Waals surface area contributed by atoms with Crippen LogP contribution in [0.3, 0.4) is 0 Å². The first-order valence-corrected chi connectivity index (χ1v) is 10.1. The van der Waals surface area contributed by atoms with Gasteiger partial charge >= 0.3 is 0 Å². The molecule has 0 aliphatic carbocycles. The summed E-state index contributed by atoms with van der Waals surface area (Å²) in [6.45, 7) is 3.89. The van der Waals surface area contributed by atoms with Crippen molar-refractivity contribution in [3.8, 4) is 11.5 Å². The fourth-order valence-corrected chi connectivity index (χ4v) is 3.39. The quantitative estimate of drug-likeness (QED) is 0.506. The fraction of sp³-hybridized carbons (Fsp3) is 0.182. The van der Waals surface area contributed by atoms with Crippen molar-refractivity contribution in [2.24, 2.45) is 0 Å². The molecule has 9 nitrogen and oxygen atoms in total. The van der Waals surface area contributed by atoms with Gasteiger partial charge in [0.15, 0.2) is 16.6 Å². The number of nitrogens with one attached hydrogen (secondary N) is 3. The Balaban J connectivity index is 1.30. The molecular weight excluding hydrogens is 432 g/mol. The minimum absolute atomic E-state index is 0.120. The number of aromatic nitrogens is 1. The second kappa shape index (κ2) is 9.06. The molecule has 0 unspecified atom stereocenters. The lowest BCUT2D eigenvalue weighted by molar-refractivity contribution is 0.0948. The van der Waals surface area contributed by atoms with E-state index in [9.17, 15) is 9.59 Å². The van der Waals surface area contributed by atoms with Crippen molar-refractivity contribution < 1.29 is 23.6 Å². The molecule has 4 rings (SSSR count). The predicted octanol–water partition coefficient (Wildman–Crippen LogP) is 3.08. The number of rotatable bonds is 5. The van der Waals surface area contributed by atoms with Gasteiger partial charge in [0.2, 0.25) is 6.79 Å². The Morgan fingerprint density at radius 3 is 2.50 bits per heavy atom. The first-order chi connectivity index (χ1) is 15.4. The summed E-state index contributed by atoms with van der Waals surface area (Å²) in [6, 6.07) is 12.3. The lowest BCUT2D eigenvalue weighted by Crippen LogP contribution is -2.34. The summed E-state index contributed by atoms with van der Waals surface area (Å²) in [6.07, 6.45) is 0. The molecule has 1 aliphatic rings. The molecule has 164 valence electrons. The number of benzene rings is 2. The van der Waals surface area contributed by atoms with E-state index in [4.69, 9.17) is 26.2 Å². The predicted molar refractivity (Wildman–Crippen MR) is 120 cm³/mol. The molecule has 0 fully saturated rings. The molecule has 0 saturated heterocycles. The fourth-order valence-electron chi connectivity index (χ4n) is 3.18. The number of carbonyl (C=O) groups is 2. The van der Waals surface area contributed by atoms with Crippen LogP contribution < -0.4 is 25.4 Å². The molecule has 1 aliphatic heterocycles. The van der Waals surface area contributed by atoms with Gasteiger partial charge in [-0.05, 0) is 68.0 Å². The van der Waals surface area contributed by atoms with Gasteiger partial charge in [0.25, 0.3) is 11.8 Å². The van der Waals surface area contributed by atoms with Gasteiger partial charge in [-0.25, -0.2) is 0 Å². The molecule has 32 heavy (non-hydrogen) atoms. The number of thiocarbonyl (C=S) groups is 1. The molecule has 3 N–H and O–H groups in total. The van der Waals surface area contributed by atoms with E-state index in [1.165, 1.54) is 0 Å². The highest BCUT2D eigenvalue weighted by Crippen LogP contribution is 2.32. The Kier molecular flexibility index (Phi) is 6.04. The van der Waals surface area contributed by atoms with E-state index < -0.39 is 5.91 Å². The van der Waals surface area contributed by atoms with Crippen molar-refractivity contribution in [1.82, 2.24) is 15.8 Å². The molecular formula is C22H20N4O5S. The van der Waals surface area contributed by atoms with Crippen LogP contribution in [0.25, 0.3) is 0 Å². The molecule has 0 saturated carbocycles. The SMILES string of the molecule is Cc1noc(C)c1C(=O)NC(=S)Nc1ccc(C(=O)NCc2ccc3c(c2)OCO3)cc1. The van der Waals surface area contributed by atoms with Crippen LogP contribution in [0, 0.1) is 13.8 Å². The monoisotopic (exact) mass is 452 g/mol. The largest absolute Gasteiger partial charge is 0.454 e. The summed E-state index contributed by atoms with van der Waals surface area (Å²) in [5.41, 5.74) is 2.85. The highest BCUT2D eigenvalue weighted by Gasteiger charge is 2.18. The lowest BCUT2D eigenvalue weighted by Gasteiger charge is -2.10. The topological polar surface area (TPSA) is 115 Å². The number of hydrogen-bond donors (Lipinski definition) is 3. The van der Waals surface area contributed by atoms with Crippen LogP contribution in [-0.4, -0.2) is 28.9 Å². The molecule has 10 heteroatoms. The maximum atomic E-state index is 12.4. The van der Waals surface area contributed by atoms with E-state index in [0.717, 1.165) is 5.56 Å². The van der Waals surface area contributed by atoms with Crippen LogP contribution in [0.4, 0.5) is 5.69 Å². The van der Waals surface area contributed by atoms with Gasteiger partial charge in [0.05, 0.1) is 5.69 Å². The zero-order valence-electron chi connectivity index (χ0n) is 17.4. The van der Waals surface area contributed by atoms with Crippen molar-refractivity contribution in [2.75, 3.05) is 12.1 Å². The number of ether oxygens (including phenoxy) is 2. The zero-order valence-corrected chi connectivity index (χ0v) is 18.2. The van der Waals surface area contributed by atoms with Crippen molar-refractivity contribution in [3.63, 3.8) is 0 Å². The van der Waals surface area contributed by atoms with E-state index in [2.05, 4.69) is 21.1 Å². The Bertz CT molecular complexity index is 1170. The van der Waals surface area contributed by atoms with Crippen LogP contribution in [0.1, 0.15) is 37.7 Å². The standard InChI is InChI=1S/C22H20N4O5S/c1-12-19(13(2)31-26-12)21(28)25-22(32)24-16-6-4-15(5-7-16)20(27)23-10-14-3-8-17-18(9-14)30-11-29-17/h3-9H,10-11H2,1-2H3,(H,23,27)(H2,24,25,28,32). The third kappa shape index (κ3) is 4.70. The highest BCUT2D eigenvalue weighted by molar-refractivity contribution is 7.80. The molecule has 0 radical (unpaired) electrons. The van der Waals surface area contributed by atoms with Crippen molar-refractivity contribution in [1.29, 1.82) is 0 Å². The molecule has 0 atom stereocenters. The average Bonchev–Trinajstić information content (AvgIpc) is 3.37. The van der Waals surface area contributed by atoms with E-state index in [0.29, 0.717) is 46.3 Å². The van der Waals surface area contributed by atoms with Gasteiger partial charge in [-0.2, -0.15) is 0 Å². The maximum absolute atomic E-state index is 12.4. The molecule has 0 bridgehead atoms. The molecule has 2 amide bonds. The Morgan fingerprint density at radius 1 is 1.03 bits per heavy atom. The average molecular weight is 452 g/mol. The van der Waals surface area contributed by atoms with Gasteiger partial charge in [-0.3, -0.25) is 14.9 Å². The second-order valence-corrected chi connectivity index (χ2v) is 7.46. The Hall–Kier alpha value is -3.92. The summed E-state index contributed by atoms with van der Waals surface area (Å²) >= 11 is 5.19. The molecule has 2 aromatic carbocycles. The summed E-state index contributed by atoms with van der Waals surface area (Å²) < 4.78 is 15.6. The van der Waals surface area contributed by atoms with Crippen molar-refractivity contribution in [3.05, 3.63) is 70.6 Å². The third-order valence-electron chi connectivity index (χ3n) is 4.78. The number of amides is 2. The number of hydrogen-bond acceptors (Lipinski definition) is 7. The van der Waals surface area contributed by atoms with Crippen LogP contribution in [0.2, 0.25) is 0 Å². The van der Waals surface area contributed by atoms with E-state index in [1.807, 2.05) is 18.2 Å². The second-order valence-electron chi connectivity index (χ2n) is 7.06. The maximum Gasteiger partial charge on any atom is 0.262 e. The van der Waals surface area contributed by atoms with Crippen LogP contribution in [0.15, 0.2) is 47.0 Å². The van der Waals surface area contributed by atoms with Crippen molar-refractivity contribution >= 4 is 34.8 Å². The number of aryl methyl sites for hydroxylation is 2. The number of carbonyl (C=O) groups excluding carboxylic acids is 2. The summed E-state index contributed by atoms with van der Waals surface area (Å²) in [5, 5.41) is 12.2. The van der Waals surface area contributed by atoms with Gasteiger partial charge in [-0.1, -0.05) is 11.2 Å². The normalized spacial score (nSPS) is 11.7. The van der Waals surface area contributed by atoms with Gasteiger partial charge < -0.3 is 24.6 Å². The van der Waals surface area contributed by atoms with E-state index in [-0.39, 0.29) is 17.8 Å². The molecule has 1 aromatic heterocycles. The van der Waals surface area contributed by atoms with Crippen LogP contribution in [-0.2, 0) is 6.54 Å². The summed E-state index contributed by atoms with van der Waals surface area (Å²) in [7, 11) is 0. The molecule has 2 heterocycles. The van der Waals surface area contributed by atoms with Gasteiger partial charge in [0, 0.05) is 17.8 Å². The number of anilines is 1. The van der Waals surface area contributed by atoms with Crippen molar-refractivity contribution in [2.45, 2.75) is 20.4 Å². The lowest BCUT2D eigenvalue weighted by atomic mass is 10.1. The van der Waals surface area contributed by atoms with Crippen LogP contribution in [0.5, 0.6) is 11.5 Å². The summed E-state index contributed by atoms with van der Waals surface area (Å²) in [4.78, 5) is 24.8. The first kappa shape index (κ1) is 21.3. The third-order valence-corrected chi connectivity index (χ3v) is 4.99. The van der Waals surface area contributed by atoms with Gasteiger partial charge in [-0.15, -0.1) is 0 Å². The van der Waals surface area contributed by atoms with Crippen LogP contribution >= 0.6 is 12.2 Å². The minimum atomic E-state index is -0.404. The number of nitrogens with zero attached hydrogens (tertiary/aromatic N) is 1.